The molecule has 0 amide bonds. The predicted molar refractivity (Wildman–Crippen MR) is 44.6 cm³/mol. The molecule has 0 bridgehead atoms. The summed E-state index contributed by atoms with van der Waals surface area (Å²) < 4.78 is 0. The van der Waals surface area contributed by atoms with Gasteiger partial charge in [0.2, 0.25) is 0 Å². The van der Waals surface area contributed by atoms with E-state index in [4.69, 9.17) is 6.58 Å². The van der Waals surface area contributed by atoms with Gasteiger partial charge in [0.25, 0.3) is 0 Å². The summed E-state index contributed by atoms with van der Waals surface area (Å²) in [6.45, 7) is 5.27. The Morgan fingerprint density at radius 1 is 1.60 bits per heavy atom. The van der Waals surface area contributed by atoms with Crippen LogP contribution in [-0.2, 0) is 0 Å². The SMILES string of the molecule is [CH]=CCCCC1C=CCC1. The zero-order valence-corrected chi connectivity index (χ0v) is 6.42. The largest absolute Gasteiger partial charge is 0.0882 e. The minimum absolute atomic E-state index is 0.861. The average molecular weight is 135 g/mol. The Morgan fingerprint density at radius 2 is 2.50 bits per heavy atom. The van der Waals surface area contributed by atoms with Crippen molar-refractivity contribution in [3.05, 3.63) is 24.8 Å². The molecule has 0 N–H and O–H groups in total. The molecule has 1 aliphatic rings. The monoisotopic (exact) mass is 135 g/mol. The summed E-state index contributed by atoms with van der Waals surface area (Å²) in [4.78, 5) is 0. The lowest BCUT2D eigenvalue weighted by molar-refractivity contribution is 0.554. The van der Waals surface area contributed by atoms with Crippen molar-refractivity contribution in [2.45, 2.75) is 32.1 Å². The van der Waals surface area contributed by atoms with Gasteiger partial charge in [-0.1, -0.05) is 24.8 Å². The molecule has 0 aliphatic heterocycles. The summed E-state index contributed by atoms with van der Waals surface area (Å²) >= 11 is 0. The zero-order chi connectivity index (χ0) is 7.23. The Balaban J connectivity index is 2.02. The van der Waals surface area contributed by atoms with E-state index in [-0.39, 0.29) is 0 Å². The van der Waals surface area contributed by atoms with E-state index in [1.54, 1.807) is 6.08 Å². The molecule has 10 heavy (non-hydrogen) atoms. The van der Waals surface area contributed by atoms with Crippen LogP contribution in [-0.4, -0.2) is 0 Å². The fraction of sp³-hybridized carbons (Fsp3) is 0.600. The molecule has 1 atom stereocenters. The maximum atomic E-state index is 5.27. The van der Waals surface area contributed by atoms with Gasteiger partial charge in [-0.3, -0.25) is 0 Å². The molecule has 0 aromatic rings. The molecule has 1 radical (unpaired) electrons. The second-order valence-electron chi connectivity index (χ2n) is 2.93. The summed E-state index contributed by atoms with van der Waals surface area (Å²) in [5, 5.41) is 0. The lowest BCUT2D eigenvalue weighted by Gasteiger charge is -2.03. The van der Waals surface area contributed by atoms with Crippen molar-refractivity contribution < 1.29 is 0 Å². The molecular weight excluding hydrogens is 120 g/mol. The molecule has 0 nitrogen and oxygen atoms in total. The summed E-state index contributed by atoms with van der Waals surface area (Å²) in [5.74, 6) is 0.861. The molecule has 1 aliphatic carbocycles. The van der Waals surface area contributed by atoms with E-state index in [1.165, 1.54) is 25.7 Å². The van der Waals surface area contributed by atoms with Crippen molar-refractivity contribution in [3.8, 4) is 0 Å². The van der Waals surface area contributed by atoms with Crippen LogP contribution in [0.2, 0.25) is 0 Å². The van der Waals surface area contributed by atoms with Gasteiger partial charge in [0.15, 0.2) is 0 Å². The van der Waals surface area contributed by atoms with Gasteiger partial charge in [-0.05, 0) is 38.0 Å². The molecule has 1 rings (SSSR count). The van der Waals surface area contributed by atoms with E-state index in [0.29, 0.717) is 0 Å². The third-order valence-electron chi connectivity index (χ3n) is 2.06. The van der Waals surface area contributed by atoms with Crippen LogP contribution < -0.4 is 0 Å². The van der Waals surface area contributed by atoms with Crippen molar-refractivity contribution in [1.29, 1.82) is 0 Å². The van der Waals surface area contributed by atoms with E-state index in [0.717, 1.165) is 12.3 Å². The van der Waals surface area contributed by atoms with Crippen molar-refractivity contribution >= 4 is 0 Å². The van der Waals surface area contributed by atoms with Crippen molar-refractivity contribution in [1.82, 2.24) is 0 Å². The first-order valence-corrected chi connectivity index (χ1v) is 4.13. The van der Waals surface area contributed by atoms with Crippen LogP contribution in [0.3, 0.4) is 0 Å². The molecule has 0 spiro atoms. The molecule has 0 saturated heterocycles. The first-order valence-electron chi connectivity index (χ1n) is 4.13. The highest BCUT2D eigenvalue weighted by atomic mass is 14.1. The van der Waals surface area contributed by atoms with Gasteiger partial charge in [0, 0.05) is 0 Å². The maximum absolute atomic E-state index is 5.27. The third kappa shape index (κ3) is 2.38. The van der Waals surface area contributed by atoms with Crippen molar-refractivity contribution in [3.63, 3.8) is 0 Å². The second kappa shape index (κ2) is 4.32. The Labute approximate surface area is 63.6 Å². The smallest absolute Gasteiger partial charge is 0.0230 e. The molecule has 55 valence electrons. The Kier molecular flexibility index (Phi) is 3.28. The van der Waals surface area contributed by atoms with Crippen molar-refractivity contribution in [2.24, 2.45) is 5.92 Å². The fourth-order valence-electron chi connectivity index (χ4n) is 1.43. The fourth-order valence-corrected chi connectivity index (χ4v) is 1.43. The van der Waals surface area contributed by atoms with Crippen LogP contribution in [0.25, 0.3) is 0 Å². The number of hydrogen-bond donors (Lipinski definition) is 0. The Bertz CT molecular complexity index is 122. The quantitative estimate of drug-likeness (QED) is 0.410. The lowest BCUT2D eigenvalue weighted by atomic mass is 10.0. The van der Waals surface area contributed by atoms with Gasteiger partial charge in [-0.25, -0.2) is 0 Å². The van der Waals surface area contributed by atoms with Gasteiger partial charge in [0.1, 0.15) is 0 Å². The predicted octanol–water partition coefficient (Wildman–Crippen LogP) is 3.11. The average Bonchev–Trinajstić information content (AvgIpc) is 2.41. The number of rotatable bonds is 4. The van der Waals surface area contributed by atoms with Crippen molar-refractivity contribution in [2.75, 3.05) is 0 Å². The molecule has 0 aromatic carbocycles. The van der Waals surface area contributed by atoms with E-state index in [2.05, 4.69) is 12.2 Å². The Morgan fingerprint density at radius 3 is 3.10 bits per heavy atom. The van der Waals surface area contributed by atoms with E-state index in [9.17, 15) is 0 Å². The summed E-state index contributed by atoms with van der Waals surface area (Å²) in [6, 6.07) is 0. The van der Waals surface area contributed by atoms with Gasteiger partial charge in [-0.2, -0.15) is 0 Å². The first kappa shape index (κ1) is 7.59. The molecule has 0 fully saturated rings. The van der Waals surface area contributed by atoms with Gasteiger partial charge < -0.3 is 0 Å². The van der Waals surface area contributed by atoms with Crippen LogP contribution in [0.1, 0.15) is 32.1 Å². The second-order valence-corrected chi connectivity index (χ2v) is 2.93. The minimum Gasteiger partial charge on any atom is -0.0882 e. The Hall–Kier alpha value is -0.520. The molecule has 0 heteroatoms. The van der Waals surface area contributed by atoms with Crippen LogP contribution in [0.5, 0.6) is 0 Å². The van der Waals surface area contributed by atoms with Gasteiger partial charge >= 0.3 is 0 Å². The zero-order valence-electron chi connectivity index (χ0n) is 6.42. The molecule has 0 saturated carbocycles. The summed E-state index contributed by atoms with van der Waals surface area (Å²) in [5.41, 5.74) is 0. The topological polar surface area (TPSA) is 0 Å². The molecule has 0 aromatic heterocycles. The first-order chi connectivity index (χ1) is 4.93. The van der Waals surface area contributed by atoms with Crippen LogP contribution in [0.15, 0.2) is 18.2 Å². The number of hydrogen-bond acceptors (Lipinski definition) is 0. The number of allylic oxidation sites excluding steroid dienone is 3. The summed E-state index contributed by atoms with van der Waals surface area (Å²) in [7, 11) is 0. The summed E-state index contributed by atoms with van der Waals surface area (Å²) in [6.07, 6.45) is 12.7. The van der Waals surface area contributed by atoms with Crippen LogP contribution in [0, 0.1) is 12.5 Å². The van der Waals surface area contributed by atoms with E-state index in [1.807, 2.05) is 0 Å². The highest BCUT2D eigenvalue weighted by Crippen LogP contribution is 2.22. The highest BCUT2D eigenvalue weighted by molar-refractivity contribution is 4.95. The standard InChI is InChI=1S/C10H15/c1-2-3-4-7-10-8-5-6-9-10/h1-2,5,8,10H,3-4,6-7,9H2. The third-order valence-corrected chi connectivity index (χ3v) is 2.06. The maximum Gasteiger partial charge on any atom is -0.0230 e. The molecule has 0 heterocycles. The lowest BCUT2D eigenvalue weighted by Crippen LogP contribution is -1.90. The highest BCUT2D eigenvalue weighted by Gasteiger charge is 2.06. The van der Waals surface area contributed by atoms with E-state index < -0.39 is 0 Å². The molecular formula is C10H15. The minimum atomic E-state index is 0.861. The molecule has 1 unspecified atom stereocenters. The number of unbranched alkanes of at least 4 members (excludes halogenated alkanes) is 1. The van der Waals surface area contributed by atoms with Crippen LogP contribution >= 0.6 is 0 Å². The van der Waals surface area contributed by atoms with E-state index >= 15 is 0 Å². The van der Waals surface area contributed by atoms with Gasteiger partial charge in [0.05, 0.1) is 0 Å². The normalized spacial score (nSPS) is 23.4. The van der Waals surface area contributed by atoms with Gasteiger partial charge in [-0.15, -0.1) is 0 Å². The van der Waals surface area contributed by atoms with Crippen LogP contribution in [0.4, 0.5) is 0 Å².